The number of aromatic amines is 2. The Bertz CT molecular complexity index is 3720. The number of nitrogens with one attached hydrogen (secondary N) is 2. The van der Waals surface area contributed by atoms with E-state index in [2.05, 4.69) is 113 Å². The van der Waals surface area contributed by atoms with Crippen molar-refractivity contribution in [1.29, 1.82) is 0 Å². The summed E-state index contributed by atoms with van der Waals surface area (Å²) in [6, 6.07) is 15.6. The fraction of sp³-hybridized carbons (Fsp3) is 0.182. The lowest BCUT2D eigenvalue weighted by molar-refractivity contribution is 0.311. The normalized spacial score (nSPS) is 19.4. The Hall–Kier alpha value is -7.36. The van der Waals surface area contributed by atoms with Crippen molar-refractivity contribution in [3.05, 3.63) is 301 Å². The fourth-order valence-corrected chi connectivity index (χ4v) is 13.9. The Morgan fingerprint density at radius 3 is 0.519 bits per heavy atom. The van der Waals surface area contributed by atoms with E-state index in [1.165, 1.54) is 0 Å². The maximum atomic E-state index is 6.98. The van der Waals surface area contributed by atoms with Crippen LogP contribution in [0.4, 0.5) is 0 Å². The predicted octanol–water partition coefficient (Wildman–Crippen LogP) is 16.3. The summed E-state index contributed by atoms with van der Waals surface area (Å²) in [5.74, 6) is 14.7. The van der Waals surface area contributed by atoms with E-state index in [0.29, 0.717) is 240 Å². The van der Waals surface area contributed by atoms with Crippen LogP contribution in [-0.4, -0.2) is 92.7 Å². The molecule has 0 atom stereocenters. The Kier molecular flexibility index (Phi) is 22.2. The van der Waals surface area contributed by atoms with Crippen LogP contribution in [0.2, 0.25) is 0 Å². The molecule has 7 aromatic rings. The van der Waals surface area contributed by atoms with Gasteiger partial charge < -0.3 is 47.9 Å². The highest BCUT2D eigenvalue weighted by Gasteiger charge is 2.35. The number of hydrogen-bond donors (Lipinski definition) is 2. The molecule has 0 amide bonds. The molecule has 8 bridgehead atoms. The molecule has 0 saturated heterocycles. The summed E-state index contributed by atoms with van der Waals surface area (Å²) < 4.78 is 55.8. The second kappa shape index (κ2) is 33.2. The zero-order valence-electron chi connectivity index (χ0n) is 57.4. The van der Waals surface area contributed by atoms with Gasteiger partial charge in [0.25, 0.3) is 0 Å². The highest BCUT2D eigenvalue weighted by molar-refractivity contribution is 6.13. The van der Waals surface area contributed by atoms with Crippen LogP contribution >= 0.6 is 0 Å². The van der Waals surface area contributed by atoms with Gasteiger partial charge in [0.1, 0.15) is 68.6 Å². The van der Waals surface area contributed by atoms with Gasteiger partial charge >= 0.3 is 0 Å². The smallest absolute Gasteiger partial charge is 0.168 e. The monoisotopic (exact) mass is 1370 g/mol. The van der Waals surface area contributed by atoms with Crippen molar-refractivity contribution in [2.75, 3.05) is 52.9 Å². The predicted molar refractivity (Wildman–Crippen MR) is 400 cm³/mol. The van der Waals surface area contributed by atoms with Crippen molar-refractivity contribution < 1.29 is 37.9 Å². The lowest BCUT2D eigenvalue weighted by Gasteiger charge is -2.16. The SMILES string of the molecule is [CH]1[CH][CH][C](CCOc2ccc(OCC[C]3[CH][CH][CH][CH]3)c3c2-c2nc-3nc3[nH]c(nc4nc(nc5[nH]c(n2)c2c(OCC[C]6[CH][CH][CH][CH]6)ccc(OCC[C]6[CH][CH][CH][CH]6)c52)-c2c(OCC[C]5[CH][CH][CH][CH]5)ccc(OCC[C]5[CH][CH][CH][CH]5)c2-4)c2c(OCC[C]4[CH][CH][CH][CH]4)ccc(OCC[C]4[CH][CH][CH][CH]4)c32)[CH]1. The minimum absolute atomic E-state index is 0.294. The number of ether oxygens (including phenoxy) is 8. The van der Waals surface area contributed by atoms with Crippen LogP contribution in [0.1, 0.15) is 51.4 Å². The van der Waals surface area contributed by atoms with Crippen LogP contribution < -0.4 is 37.9 Å². The van der Waals surface area contributed by atoms with E-state index in [1.807, 2.05) is 151 Å². The van der Waals surface area contributed by atoms with Crippen molar-refractivity contribution in [1.82, 2.24) is 39.9 Å². The minimum Gasteiger partial charge on any atom is -0.493 e. The van der Waals surface area contributed by atoms with Crippen molar-refractivity contribution in [2.24, 2.45) is 0 Å². The van der Waals surface area contributed by atoms with Crippen molar-refractivity contribution in [3.8, 4) is 91.5 Å². The number of hydrogen-bond acceptors (Lipinski definition) is 14. The van der Waals surface area contributed by atoms with Gasteiger partial charge in [-0.15, -0.1) is 0 Å². The topological polar surface area (TPSA) is 183 Å². The van der Waals surface area contributed by atoms with Gasteiger partial charge in [-0.2, -0.15) is 0 Å². The summed E-state index contributed by atoms with van der Waals surface area (Å²) in [6.45, 7) is 2.82. The lowest BCUT2D eigenvalue weighted by atomic mass is 10.0. The quantitative estimate of drug-likeness (QED) is 0.0406. The molecule has 2 aliphatic heterocycles. The first-order valence-corrected chi connectivity index (χ1v) is 35.7. The molecule has 8 saturated carbocycles. The van der Waals surface area contributed by atoms with Gasteiger partial charge in [-0.3, -0.25) is 0 Å². The van der Waals surface area contributed by atoms with E-state index in [9.17, 15) is 0 Å². The maximum Gasteiger partial charge on any atom is 0.168 e. The number of fused-ring (bicyclic) bond motifs is 20. The first-order chi connectivity index (χ1) is 51.5. The molecule has 8 aliphatic carbocycles. The third kappa shape index (κ3) is 15.9. The molecule has 40 radical (unpaired) electrons. The molecule has 10 aliphatic rings. The number of benzene rings is 4. The standard InChI is InChI=1S/C88H74N8O8/c1-2-18-57(17-1)41-49-97-65-33-34-66(98-50-42-58-19-3-4-20-58)74-73(65)81-89-82(74)94-84-77-69(101-53-45-61-25-9-10-26-61)37-38-70(102-54-46-62-27-11-12-28-62)78(77)86(91-84)96-88-80-72(104-56-48-64-31-15-16-32-64)40-39-71(103-55-47-63-29-13-14-30-63)79(80)87(92-88)95-85-76-68(100-52-44-60-23-7-8-24-60)36-35-67(75(76)83(90-85)93-81)99-51-43-59-21-5-6-22-59/h1-40H,41-56H2,(H2,89,90,91,92,93,94,95,96). The highest BCUT2D eigenvalue weighted by atomic mass is 16.5. The van der Waals surface area contributed by atoms with Gasteiger partial charge in [-0.1, -0.05) is 0 Å². The van der Waals surface area contributed by atoms with Crippen molar-refractivity contribution in [3.63, 3.8) is 0 Å². The first kappa shape index (κ1) is 69.7. The average Bonchev–Trinajstić information content (AvgIpc) is 1.58. The van der Waals surface area contributed by atoms with Crippen LogP contribution in [0, 0.1) is 253 Å². The zero-order chi connectivity index (χ0) is 69.4. The lowest BCUT2D eigenvalue weighted by Crippen LogP contribution is -2.06. The summed E-state index contributed by atoms with van der Waals surface area (Å²) in [6.07, 6.45) is 71.6. The molecule has 3 aromatic heterocycles. The fourth-order valence-electron chi connectivity index (χ4n) is 13.9. The molecule has 514 valence electrons. The van der Waals surface area contributed by atoms with Crippen LogP contribution in [0.3, 0.4) is 0 Å². The molecule has 16 heteroatoms. The molecule has 2 N–H and O–H groups in total. The third-order valence-electron chi connectivity index (χ3n) is 19.2. The molecule has 0 unspecified atom stereocenters. The third-order valence-corrected chi connectivity index (χ3v) is 19.2. The molecule has 4 aromatic carbocycles. The molecule has 5 heterocycles. The minimum atomic E-state index is 0.294. The van der Waals surface area contributed by atoms with E-state index < -0.39 is 0 Å². The summed E-state index contributed by atoms with van der Waals surface area (Å²) in [4.78, 5) is 41.6. The van der Waals surface area contributed by atoms with Crippen LogP contribution in [-0.2, 0) is 0 Å². The Labute approximate surface area is 615 Å². The van der Waals surface area contributed by atoms with Gasteiger partial charge in [0.15, 0.2) is 23.3 Å². The maximum absolute atomic E-state index is 6.98. The van der Waals surface area contributed by atoms with Crippen LogP contribution in [0.15, 0.2) is 48.5 Å². The van der Waals surface area contributed by atoms with Crippen LogP contribution in [0.25, 0.3) is 89.7 Å². The zero-order valence-corrected chi connectivity index (χ0v) is 57.4. The van der Waals surface area contributed by atoms with Gasteiger partial charge in [-0.05, 0) is 353 Å². The second-order valence-electron chi connectivity index (χ2n) is 26.0. The number of H-pyrrole nitrogens is 2. The van der Waals surface area contributed by atoms with Gasteiger partial charge in [0, 0.05) is 0 Å². The van der Waals surface area contributed by atoms with Gasteiger partial charge in [-0.25, -0.2) is 29.9 Å². The largest absolute Gasteiger partial charge is 0.493 e. The number of rotatable bonds is 32. The Morgan fingerprint density at radius 1 is 0.192 bits per heavy atom. The van der Waals surface area contributed by atoms with E-state index in [-0.39, 0.29) is 0 Å². The highest BCUT2D eigenvalue weighted by Crippen LogP contribution is 2.52. The van der Waals surface area contributed by atoms with Crippen LogP contribution in [0.5, 0.6) is 46.0 Å². The van der Waals surface area contributed by atoms with E-state index in [1.54, 1.807) is 0 Å². The molecule has 104 heavy (non-hydrogen) atoms. The van der Waals surface area contributed by atoms with E-state index in [4.69, 9.17) is 67.8 Å². The van der Waals surface area contributed by atoms with E-state index >= 15 is 0 Å². The second-order valence-corrected chi connectivity index (χ2v) is 26.0. The molecule has 16 nitrogen and oxygen atoms in total. The molecule has 8 fully saturated rings. The van der Waals surface area contributed by atoms with Gasteiger partial charge in [0.05, 0.1) is 96.7 Å². The van der Waals surface area contributed by atoms with E-state index in [0.717, 1.165) is 47.3 Å². The molecule has 17 rings (SSSR count). The summed E-state index contributed by atoms with van der Waals surface area (Å²) in [7, 11) is 0. The molecular weight excluding hydrogens is 1300 g/mol. The first-order valence-electron chi connectivity index (χ1n) is 35.7. The average molecular weight is 1370 g/mol. The van der Waals surface area contributed by atoms with Crippen molar-refractivity contribution in [2.45, 2.75) is 51.4 Å². The van der Waals surface area contributed by atoms with Crippen molar-refractivity contribution >= 4 is 44.1 Å². The summed E-state index contributed by atoms with van der Waals surface area (Å²) in [5, 5.41) is 2.42. The Morgan fingerprint density at radius 2 is 0.346 bits per heavy atom. The molecular formula is C88H74N8O8. The Balaban J connectivity index is 0.934. The summed E-state index contributed by atoms with van der Waals surface area (Å²) in [5.41, 5.74) is 3.84. The van der Waals surface area contributed by atoms with Gasteiger partial charge in [0.2, 0.25) is 0 Å². The molecule has 0 spiro atoms. The number of aromatic nitrogens is 8. The number of nitrogens with zero attached hydrogens (tertiary/aromatic N) is 6. The summed E-state index contributed by atoms with van der Waals surface area (Å²) >= 11 is 0.